The molecule has 10 heteroatoms. The van der Waals surface area contributed by atoms with Gasteiger partial charge in [0.2, 0.25) is 0 Å². The molecule has 1 heterocycles. The van der Waals surface area contributed by atoms with Crippen LogP contribution in [0.3, 0.4) is 0 Å². The van der Waals surface area contributed by atoms with Gasteiger partial charge in [-0.3, -0.25) is 0 Å². The molecule has 26 heavy (non-hydrogen) atoms. The van der Waals surface area contributed by atoms with Crippen molar-refractivity contribution >= 4 is 33.4 Å². The van der Waals surface area contributed by atoms with Gasteiger partial charge in [-0.05, 0) is 13.8 Å². The van der Waals surface area contributed by atoms with E-state index in [0.29, 0.717) is 0 Å². The second-order valence-corrected chi connectivity index (χ2v) is 5.31. The molecule has 0 bridgehead atoms. The summed E-state index contributed by atoms with van der Waals surface area (Å²) in [5, 5.41) is 4.56. The molecule has 0 atom stereocenters. The quantitative estimate of drug-likeness (QED) is 0.402. The summed E-state index contributed by atoms with van der Waals surface area (Å²) in [4.78, 5) is 6.96. The van der Waals surface area contributed by atoms with Crippen LogP contribution in [0.25, 0.3) is 22.1 Å². The summed E-state index contributed by atoms with van der Waals surface area (Å²) in [5.74, 6) is -8.99. The zero-order valence-corrected chi connectivity index (χ0v) is 13.6. The van der Waals surface area contributed by atoms with Crippen LogP contribution in [-0.4, -0.2) is 23.1 Å². The van der Waals surface area contributed by atoms with E-state index in [-0.39, 0.29) is 13.1 Å². The van der Waals surface area contributed by atoms with Gasteiger partial charge in [-0.1, -0.05) is 0 Å². The van der Waals surface area contributed by atoms with Crippen LogP contribution in [0.4, 0.5) is 37.7 Å². The topological polar surface area (TPSA) is 49.8 Å². The Morgan fingerprint density at radius 3 is 1.15 bits per heavy atom. The summed E-state index contributed by atoms with van der Waals surface area (Å²) >= 11 is 0. The van der Waals surface area contributed by atoms with E-state index in [9.17, 15) is 26.3 Å². The second kappa shape index (κ2) is 6.50. The van der Waals surface area contributed by atoms with Crippen LogP contribution in [0.15, 0.2) is 0 Å². The van der Waals surface area contributed by atoms with Gasteiger partial charge in [-0.25, -0.2) is 36.3 Å². The van der Waals surface area contributed by atoms with Gasteiger partial charge in [0.05, 0.1) is 0 Å². The van der Waals surface area contributed by atoms with E-state index in [1.807, 2.05) is 0 Å². The van der Waals surface area contributed by atoms with Crippen molar-refractivity contribution in [2.75, 3.05) is 23.7 Å². The minimum Gasteiger partial charge on any atom is -0.380 e. The lowest BCUT2D eigenvalue weighted by Gasteiger charge is -2.13. The molecule has 0 aliphatic rings. The predicted molar refractivity (Wildman–Crippen MR) is 85.1 cm³/mol. The van der Waals surface area contributed by atoms with E-state index in [1.54, 1.807) is 0 Å². The minimum absolute atomic E-state index is 0.0590. The number of nitrogens with zero attached hydrogens (tertiary/aromatic N) is 2. The van der Waals surface area contributed by atoms with Gasteiger partial charge in [-0.2, -0.15) is 0 Å². The molecule has 0 aliphatic heterocycles. The maximum Gasteiger partial charge on any atom is 0.189 e. The third kappa shape index (κ3) is 2.47. The van der Waals surface area contributed by atoms with E-state index < -0.39 is 68.3 Å². The van der Waals surface area contributed by atoms with Gasteiger partial charge in [-0.15, -0.1) is 0 Å². The number of benzene rings is 2. The van der Waals surface area contributed by atoms with Crippen LogP contribution in [0, 0.1) is 34.9 Å². The Hall–Kier alpha value is -2.78. The molecule has 0 fully saturated rings. The number of anilines is 2. The molecule has 3 rings (SSSR count). The first-order valence-electron chi connectivity index (χ1n) is 7.65. The zero-order chi connectivity index (χ0) is 19.2. The molecule has 4 nitrogen and oxygen atoms in total. The second-order valence-electron chi connectivity index (χ2n) is 5.31. The molecule has 1 aromatic heterocycles. The minimum atomic E-state index is -1.58. The Morgan fingerprint density at radius 2 is 0.846 bits per heavy atom. The van der Waals surface area contributed by atoms with Crippen LogP contribution < -0.4 is 10.6 Å². The number of aromatic nitrogens is 2. The van der Waals surface area contributed by atoms with Gasteiger partial charge in [0.25, 0.3) is 0 Å². The Kier molecular flexibility index (Phi) is 4.51. The number of rotatable bonds is 4. The molecule has 0 aliphatic carbocycles. The molecule has 2 N–H and O–H groups in total. The first-order valence-corrected chi connectivity index (χ1v) is 7.65. The lowest BCUT2D eigenvalue weighted by Crippen LogP contribution is -2.10. The molecule has 0 saturated carbocycles. The lowest BCUT2D eigenvalue weighted by molar-refractivity contribution is 0.503. The maximum absolute atomic E-state index is 14.5. The van der Waals surface area contributed by atoms with Gasteiger partial charge in [0.15, 0.2) is 34.9 Å². The van der Waals surface area contributed by atoms with E-state index >= 15 is 0 Å². The van der Waals surface area contributed by atoms with Crippen molar-refractivity contribution in [2.24, 2.45) is 0 Å². The third-order valence-corrected chi connectivity index (χ3v) is 3.70. The summed E-state index contributed by atoms with van der Waals surface area (Å²) in [7, 11) is 0. The van der Waals surface area contributed by atoms with Gasteiger partial charge in [0.1, 0.15) is 33.4 Å². The highest BCUT2D eigenvalue weighted by Gasteiger charge is 2.27. The van der Waals surface area contributed by atoms with Crippen LogP contribution >= 0.6 is 0 Å². The van der Waals surface area contributed by atoms with Crippen molar-refractivity contribution in [3.63, 3.8) is 0 Å². The normalized spacial score (nSPS) is 11.4. The highest BCUT2D eigenvalue weighted by atomic mass is 19.2. The molecule has 2 aromatic carbocycles. The Morgan fingerprint density at radius 1 is 0.538 bits per heavy atom. The van der Waals surface area contributed by atoms with E-state index in [1.165, 1.54) is 13.8 Å². The standard InChI is InChI=1S/C16H12F6N4/c1-3-23-11-5(17)7(19)13-15(9(11)21)25-14-8(20)6(18)12(24-4-2)10(22)16(14)26-13/h23-24H,3-4H2,1-2H3. The van der Waals surface area contributed by atoms with Gasteiger partial charge >= 0.3 is 0 Å². The summed E-state index contributed by atoms with van der Waals surface area (Å²) < 4.78 is 85.5. The Bertz CT molecular complexity index is 954. The number of hydrogen-bond donors (Lipinski definition) is 2. The Labute approximate surface area is 143 Å². The van der Waals surface area contributed by atoms with Gasteiger partial charge < -0.3 is 10.6 Å². The third-order valence-electron chi connectivity index (χ3n) is 3.70. The van der Waals surface area contributed by atoms with Crippen molar-refractivity contribution in [3.8, 4) is 0 Å². The highest BCUT2D eigenvalue weighted by Crippen LogP contribution is 2.34. The zero-order valence-electron chi connectivity index (χ0n) is 13.6. The lowest BCUT2D eigenvalue weighted by atomic mass is 10.1. The molecule has 3 aromatic rings. The number of hydrogen-bond acceptors (Lipinski definition) is 4. The van der Waals surface area contributed by atoms with Crippen LogP contribution in [0.5, 0.6) is 0 Å². The predicted octanol–water partition coefficient (Wildman–Crippen LogP) is 4.48. The van der Waals surface area contributed by atoms with Crippen molar-refractivity contribution in [1.29, 1.82) is 0 Å². The van der Waals surface area contributed by atoms with Crippen molar-refractivity contribution < 1.29 is 26.3 Å². The number of halogens is 6. The van der Waals surface area contributed by atoms with Crippen molar-refractivity contribution in [1.82, 2.24) is 9.97 Å². The molecular weight excluding hydrogens is 362 g/mol. The fourth-order valence-electron chi connectivity index (χ4n) is 2.57. The summed E-state index contributed by atoms with van der Waals surface area (Å²) in [6, 6.07) is 0. The first-order chi connectivity index (χ1) is 12.3. The van der Waals surface area contributed by atoms with Crippen LogP contribution in [0.2, 0.25) is 0 Å². The van der Waals surface area contributed by atoms with Crippen molar-refractivity contribution in [3.05, 3.63) is 34.9 Å². The maximum atomic E-state index is 14.5. The number of fused-ring (bicyclic) bond motifs is 2. The van der Waals surface area contributed by atoms with Crippen LogP contribution in [0.1, 0.15) is 13.8 Å². The summed E-state index contributed by atoms with van der Waals surface area (Å²) in [6.45, 7) is 3.15. The number of nitrogens with one attached hydrogen (secondary N) is 2. The summed E-state index contributed by atoms with van der Waals surface area (Å²) in [6.07, 6.45) is 0. The average molecular weight is 374 g/mol. The fourth-order valence-corrected chi connectivity index (χ4v) is 2.57. The van der Waals surface area contributed by atoms with E-state index in [0.717, 1.165) is 0 Å². The smallest absolute Gasteiger partial charge is 0.189 e. The molecule has 138 valence electrons. The van der Waals surface area contributed by atoms with Crippen LogP contribution in [-0.2, 0) is 0 Å². The van der Waals surface area contributed by atoms with E-state index in [2.05, 4.69) is 20.6 Å². The Balaban J connectivity index is 2.49. The van der Waals surface area contributed by atoms with E-state index in [4.69, 9.17) is 0 Å². The molecule has 0 amide bonds. The fraction of sp³-hybridized carbons (Fsp3) is 0.250. The molecule has 0 unspecified atom stereocenters. The average Bonchev–Trinajstić information content (AvgIpc) is 2.64. The van der Waals surface area contributed by atoms with Crippen molar-refractivity contribution in [2.45, 2.75) is 13.8 Å². The highest BCUT2D eigenvalue weighted by molar-refractivity contribution is 5.91. The van der Waals surface area contributed by atoms with Gasteiger partial charge in [0, 0.05) is 13.1 Å². The first kappa shape index (κ1) is 18.0. The largest absolute Gasteiger partial charge is 0.380 e. The molecular formula is C16H12F6N4. The summed E-state index contributed by atoms with van der Waals surface area (Å²) in [5.41, 5.74) is -5.20. The SMILES string of the molecule is CCNc1c(F)c(F)c2nc3c(F)c(NCC)c(F)c(F)c3nc2c1F. The molecule has 0 radical (unpaired) electrons. The molecule has 0 saturated heterocycles. The molecule has 0 spiro atoms. The monoisotopic (exact) mass is 374 g/mol.